The van der Waals surface area contributed by atoms with Crippen molar-refractivity contribution in [3.8, 4) is 0 Å². The third-order valence-electron chi connectivity index (χ3n) is 2.72. The van der Waals surface area contributed by atoms with Gasteiger partial charge in [0.1, 0.15) is 0 Å². The summed E-state index contributed by atoms with van der Waals surface area (Å²) in [6.07, 6.45) is 5.13. The van der Waals surface area contributed by atoms with Crippen molar-refractivity contribution in [2.75, 3.05) is 13.1 Å². The molecule has 1 fully saturated rings. The molecule has 1 aliphatic rings. The van der Waals surface area contributed by atoms with Crippen LogP contribution in [-0.4, -0.2) is 32.5 Å². The van der Waals surface area contributed by atoms with Crippen LogP contribution in [0.15, 0.2) is 24.5 Å². The van der Waals surface area contributed by atoms with E-state index in [1.807, 2.05) is 0 Å². The number of nitrogens with zero attached hydrogens (tertiary/aromatic N) is 1. The summed E-state index contributed by atoms with van der Waals surface area (Å²) in [6.45, 7) is 1.69. The third kappa shape index (κ3) is 4.07. The Labute approximate surface area is 102 Å². The first-order chi connectivity index (χ1) is 8.16. The van der Waals surface area contributed by atoms with Crippen LogP contribution in [-0.2, 0) is 15.8 Å². The minimum atomic E-state index is -3.26. The summed E-state index contributed by atoms with van der Waals surface area (Å²) in [5.41, 5.74) is 0.712. The van der Waals surface area contributed by atoms with Crippen molar-refractivity contribution in [1.82, 2.24) is 15.0 Å². The summed E-state index contributed by atoms with van der Waals surface area (Å²) in [5.74, 6) is -0.00264. The van der Waals surface area contributed by atoms with Gasteiger partial charge in [-0.25, -0.2) is 13.1 Å². The van der Waals surface area contributed by atoms with E-state index in [0.29, 0.717) is 12.1 Å². The van der Waals surface area contributed by atoms with Crippen LogP contribution < -0.4 is 10.0 Å². The topological polar surface area (TPSA) is 71.1 Å². The van der Waals surface area contributed by atoms with Crippen molar-refractivity contribution in [1.29, 1.82) is 0 Å². The molecular formula is C11H17N3O2S. The number of hydrogen-bond donors (Lipinski definition) is 2. The first kappa shape index (κ1) is 12.5. The van der Waals surface area contributed by atoms with Crippen molar-refractivity contribution in [3.63, 3.8) is 0 Å². The Balaban J connectivity index is 1.94. The van der Waals surface area contributed by atoms with Gasteiger partial charge in [-0.05, 0) is 31.0 Å². The van der Waals surface area contributed by atoms with Crippen molar-refractivity contribution in [2.24, 2.45) is 0 Å². The van der Waals surface area contributed by atoms with Gasteiger partial charge >= 0.3 is 0 Å². The van der Waals surface area contributed by atoms with E-state index in [-0.39, 0.29) is 11.8 Å². The third-order valence-corrected chi connectivity index (χ3v) is 4.13. The molecule has 1 aliphatic heterocycles. The van der Waals surface area contributed by atoms with Gasteiger partial charge in [0, 0.05) is 25.0 Å². The van der Waals surface area contributed by atoms with Gasteiger partial charge in [0.25, 0.3) is 0 Å². The Morgan fingerprint density at radius 2 is 2.41 bits per heavy atom. The molecule has 0 spiro atoms. The molecule has 0 radical (unpaired) electrons. The first-order valence-electron chi connectivity index (χ1n) is 5.75. The fraction of sp³-hybridized carbons (Fsp3) is 0.545. The zero-order chi connectivity index (χ0) is 12.1. The minimum absolute atomic E-state index is 0.00264. The molecule has 1 aromatic heterocycles. The maximum Gasteiger partial charge on any atom is 0.216 e. The van der Waals surface area contributed by atoms with Gasteiger partial charge < -0.3 is 5.32 Å². The highest BCUT2D eigenvalue weighted by atomic mass is 32.2. The lowest BCUT2D eigenvalue weighted by Gasteiger charge is -2.23. The summed E-state index contributed by atoms with van der Waals surface area (Å²) in [5, 5.41) is 3.18. The Morgan fingerprint density at radius 1 is 1.53 bits per heavy atom. The number of pyridine rings is 1. The van der Waals surface area contributed by atoms with Crippen LogP contribution in [0.4, 0.5) is 0 Å². The fourth-order valence-corrected chi connectivity index (χ4v) is 3.35. The lowest BCUT2D eigenvalue weighted by Crippen LogP contribution is -2.45. The molecule has 2 rings (SSSR count). The molecule has 94 valence electrons. The Hall–Kier alpha value is -0.980. The molecule has 1 saturated heterocycles. The number of nitrogens with one attached hydrogen (secondary N) is 2. The predicted molar refractivity (Wildman–Crippen MR) is 65.9 cm³/mol. The van der Waals surface area contributed by atoms with Crippen LogP contribution >= 0.6 is 0 Å². The van der Waals surface area contributed by atoms with Crippen molar-refractivity contribution in [3.05, 3.63) is 30.1 Å². The second kappa shape index (κ2) is 5.57. The largest absolute Gasteiger partial charge is 0.315 e. The monoisotopic (exact) mass is 255 g/mol. The smallest absolute Gasteiger partial charge is 0.216 e. The molecule has 0 aliphatic carbocycles. The Bertz CT molecular complexity index is 441. The maximum absolute atomic E-state index is 11.9. The Kier molecular flexibility index (Phi) is 4.09. The summed E-state index contributed by atoms with van der Waals surface area (Å²) in [4.78, 5) is 3.91. The molecule has 2 heterocycles. The van der Waals surface area contributed by atoms with Crippen LogP contribution in [0.3, 0.4) is 0 Å². The van der Waals surface area contributed by atoms with Crippen molar-refractivity contribution < 1.29 is 8.42 Å². The van der Waals surface area contributed by atoms with Crippen molar-refractivity contribution in [2.45, 2.75) is 24.6 Å². The molecule has 1 aromatic rings. The number of rotatable bonds is 4. The van der Waals surface area contributed by atoms with Crippen LogP contribution in [0, 0.1) is 0 Å². The van der Waals surface area contributed by atoms with E-state index in [4.69, 9.17) is 0 Å². The normalized spacial score (nSPS) is 21.3. The molecule has 6 heteroatoms. The first-order valence-corrected chi connectivity index (χ1v) is 7.40. The molecule has 0 bridgehead atoms. The van der Waals surface area contributed by atoms with E-state index in [2.05, 4.69) is 15.0 Å². The zero-order valence-corrected chi connectivity index (χ0v) is 10.4. The van der Waals surface area contributed by atoms with Crippen LogP contribution in [0.1, 0.15) is 18.4 Å². The van der Waals surface area contributed by atoms with Gasteiger partial charge in [-0.15, -0.1) is 0 Å². The van der Waals surface area contributed by atoms with E-state index < -0.39 is 10.0 Å². The predicted octanol–water partition coefficient (Wildman–Crippen LogP) is 0.253. The second-order valence-electron chi connectivity index (χ2n) is 4.28. The highest BCUT2D eigenvalue weighted by Crippen LogP contribution is 2.07. The summed E-state index contributed by atoms with van der Waals surface area (Å²) in [7, 11) is -3.26. The highest BCUT2D eigenvalue weighted by Gasteiger charge is 2.20. The van der Waals surface area contributed by atoms with Crippen LogP contribution in [0.5, 0.6) is 0 Å². The minimum Gasteiger partial charge on any atom is -0.315 e. The number of sulfonamides is 1. The average Bonchev–Trinajstić information content (AvgIpc) is 2.30. The lowest BCUT2D eigenvalue weighted by molar-refractivity contribution is 0.428. The van der Waals surface area contributed by atoms with Gasteiger partial charge in [-0.3, -0.25) is 4.98 Å². The van der Waals surface area contributed by atoms with E-state index in [0.717, 1.165) is 19.4 Å². The van der Waals surface area contributed by atoms with Crippen LogP contribution in [0.2, 0.25) is 0 Å². The molecule has 0 unspecified atom stereocenters. The molecule has 0 saturated carbocycles. The average molecular weight is 255 g/mol. The van der Waals surface area contributed by atoms with E-state index >= 15 is 0 Å². The summed E-state index contributed by atoms with van der Waals surface area (Å²) >= 11 is 0. The fourth-order valence-electron chi connectivity index (χ4n) is 1.95. The molecule has 1 atom stereocenters. The standard InChI is InChI=1S/C11H17N3O2S/c15-17(16,9-10-3-1-5-12-7-10)14-11-4-2-6-13-8-11/h1,3,5,7,11,13-14H,2,4,6,8-9H2/t11-/m1/s1. The molecule has 0 aromatic carbocycles. The molecule has 17 heavy (non-hydrogen) atoms. The number of aromatic nitrogens is 1. The lowest BCUT2D eigenvalue weighted by atomic mass is 10.1. The van der Waals surface area contributed by atoms with Crippen molar-refractivity contribution >= 4 is 10.0 Å². The summed E-state index contributed by atoms with van der Waals surface area (Å²) < 4.78 is 26.5. The van der Waals surface area contributed by atoms with E-state index in [9.17, 15) is 8.42 Å². The second-order valence-corrected chi connectivity index (χ2v) is 6.04. The maximum atomic E-state index is 11.9. The van der Waals surface area contributed by atoms with E-state index in [1.54, 1.807) is 24.5 Å². The Morgan fingerprint density at radius 3 is 3.06 bits per heavy atom. The number of hydrogen-bond acceptors (Lipinski definition) is 4. The zero-order valence-electron chi connectivity index (χ0n) is 9.59. The summed E-state index contributed by atoms with van der Waals surface area (Å²) in [6, 6.07) is 3.53. The van der Waals surface area contributed by atoms with Gasteiger partial charge in [0.05, 0.1) is 5.75 Å². The molecule has 5 nitrogen and oxygen atoms in total. The quantitative estimate of drug-likeness (QED) is 0.809. The number of piperidine rings is 1. The van der Waals surface area contributed by atoms with E-state index in [1.165, 1.54) is 0 Å². The van der Waals surface area contributed by atoms with Crippen LogP contribution in [0.25, 0.3) is 0 Å². The highest BCUT2D eigenvalue weighted by molar-refractivity contribution is 7.88. The SMILES string of the molecule is O=S(=O)(Cc1cccnc1)N[C@@H]1CCCNC1. The molecule has 2 N–H and O–H groups in total. The van der Waals surface area contributed by atoms with Gasteiger partial charge in [0.2, 0.25) is 10.0 Å². The van der Waals surface area contributed by atoms with Gasteiger partial charge in [-0.2, -0.15) is 0 Å². The van der Waals surface area contributed by atoms with Gasteiger partial charge in [-0.1, -0.05) is 6.07 Å². The molecular weight excluding hydrogens is 238 g/mol. The van der Waals surface area contributed by atoms with Gasteiger partial charge in [0.15, 0.2) is 0 Å². The molecule has 0 amide bonds.